The largest absolute Gasteiger partial charge is 0.484 e. The summed E-state index contributed by atoms with van der Waals surface area (Å²) < 4.78 is 8.85. The van der Waals surface area contributed by atoms with Crippen LogP contribution in [0.5, 0.6) is 5.75 Å². The quantitative estimate of drug-likeness (QED) is 0.395. The number of hydrogen-bond donors (Lipinski definition) is 1. The third kappa shape index (κ3) is 4.33. The van der Waals surface area contributed by atoms with Crippen molar-refractivity contribution >= 4 is 34.4 Å². The molecular formula is C24H20ClN7O2. The van der Waals surface area contributed by atoms with Gasteiger partial charge in [-0.15, -0.1) is 0 Å². The van der Waals surface area contributed by atoms with Crippen LogP contribution >= 0.6 is 11.6 Å². The molecule has 1 N–H and O–H groups in total. The SMILES string of the molecule is Cc1ccc(OCC(=O)Nc2cc(C)nn2-c2ncnc3c2cnn3-c2ccc(Cl)cc2)cc1. The number of anilines is 1. The molecule has 5 aromatic rings. The number of nitrogens with one attached hydrogen (secondary N) is 1. The first-order chi connectivity index (χ1) is 16.5. The third-order valence-electron chi connectivity index (χ3n) is 5.11. The number of aryl methyl sites for hydroxylation is 2. The Morgan fingerprint density at radius 3 is 2.56 bits per heavy atom. The molecule has 10 heteroatoms. The summed E-state index contributed by atoms with van der Waals surface area (Å²) in [6.07, 6.45) is 3.11. The Morgan fingerprint density at radius 2 is 1.79 bits per heavy atom. The lowest BCUT2D eigenvalue weighted by atomic mass is 10.2. The number of halogens is 1. The standard InChI is InChI=1S/C24H20ClN7O2/c1-15-3-9-19(10-4-15)34-13-22(33)29-21-11-16(2)30-32(21)24-20-12-28-31(23(20)26-14-27-24)18-7-5-17(25)6-8-18/h3-12,14H,13H2,1-2H3,(H,29,33). The predicted octanol–water partition coefficient (Wildman–Crippen LogP) is 4.29. The molecule has 0 atom stereocenters. The van der Waals surface area contributed by atoms with Crippen molar-refractivity contribution in [3.63, 3.8) is 0 Å². The number of ether oxygens (including phenoxy) is 1. The molecule has 0 fully saturated rings. The second kappa shape index (κ2) is 8.95. The fraction of sp³-hybridized carbons (Fsp3) is 0.125. The number of carbonyl (C=O) groups is 1. The van der Waals surface area contributed by atoms with Crippen molar-refractivity contribution in [1.82, 2.24) is 29.5 Å². The third-order valence-corrected chi connectivity index (χ3v) is 5.36. The molecule has 0 saturated heterocycles. The Hall–Kier alpha value is -4.24. The van der Waals surface area contributed by atoms with Crippen molar-refractivity contribution in [2.24, 2.45) is 0 Å². The highest BCUT2D eigenvalue weighted by Gasteiger charge is 2.18. The lowest BCUT2D eigenvalue weighted by Gasteiger charge is -2.10. The van der Waals surface area contributed by atoms with E-state index in [1.54, 1.807) is 33.8 Å². The fourth-order valence-electron chi connectivity index (χ4n) is 3.48. The maximum absolute atomic E-state index is 12.6. The summed E-state index contributed by atoms with van der Waals surface area (Å²) in [5.74, 6) is 1.27. The van der Waals surface area contributed by atoms with Gasteiger partial charge in [-0.2, -0.15) is 14.9 Å². The molecule has 0 spiro atoms. The Balaban J connectivity index is 1.42. The van der Waals surface area contributed by atoms with Gasteiger partial charge < -0.3 is 10.1 Å². The Bertz CT molecular complexity index is 1470. The van der Waals surface area contributed by atoms with Gasteiger partial charge in [0.05, 0.1) is 23.0 Å². The van der Waals surface area contributed by atoms with Gasteiger partial charge in [0, 0.05) is 11.1 Å². The average molecular weight is 474 g/mol. The highest BCUT2D eigenvalue weighted by atomic mass is 35.5. The van der Waals surface area contributed by atoms with E-state index in [0.717, 1.165) is 11.3 Å². The molecule has 9 nitrogen and oxygen atoms in total. The van der Waals surface area contributed by atoms with Gasteiger partial charge in [-0.25, -0.2) is 14.6 Å². The minimum absolute atomic E-state index is 0.138. The Labute approximate surface area is 200 Å². The van der Waals surface area contributed by atoms with E-state index in [-0.39, 0.29) is 12.5 Å². The molecule has 0 unspecified atom stereocenters. The van der Waals surface area contributed by atoms with Gasteiger partial charge in [0.2, 0.25) is 0 Å². The number of fused-ring (bicyclic) bond motifs is 1. The van der Waals surface area contributed by atoms with E-state index in [0.29, 0.717) is 39.1 Å². The van der Waals surface area contributed by atoms with E-state index >= 15 is 0 Å². The summed E-state index contributed by atoms with van der Waals surface area (Å²) in [4.78, 5) is 21.4. The molecule has 2 aromatic carbocycles. The van der Waals surface area contributed by atoms with E-state index in [2.05, 4.69) is 25.5 Å². The molecule has 3 aromatic heterocycles. The summed E-state index contributed by atoms with van der Waals surface area (Å²) in [5.41, 5.74) is 3.24. The number of benzene rings is 2. The highest BCUT2D eigenvalue weighted by molar-refractivity contribution is 6.30. The van der Waals surface area contributed by atoms with Crippen molar-refractivity contribution in [3.05, 3.63) is 83.4 Å². The lowest BCUT2D eigenvalue weighted by molar-refractivity contribution is -0.118. The number of nitrogens with zero attached hydrogens (tertiary/aromatic N) is 6. The van der Waals surface area contributed by atoms with E-state index in [4.69, 9.17) is 16.3 Å². The average Bonchev–Trinajstić information content (AvgIpc) is 3.42. The van der Waals surface area contributed by atoms with Crippen LogP contribution < -0.4 is 10.1 Å². The van der Waals surface area contributed by atoms with E-state index in [1.165, 1.54) is 6.33 Å². The summed E-state index contributed by atoms with van der Waals surface area (Å²) in [6.45, 7) is 3.69. The van der Waals surface area contributed by atoms with Crippen LogP contribution in [0.1, 0.15) is 11.3 Å². The zero-order valence-electron chi connectivity index (χ0n) is 18.4. The summed E-state index contributed by atoms with van der Waals surface area (Å²) in [5, 5.41) is 13.2. The second-order valence-electron chi connectivity index (χ2n) is 7.70. The number of carbonyl (C=O) groups excluding carboxylic acids is 1. The minimum atomic E-state index is -0.316. The normalized spacial score (nSPS) is 11.0. The van der Waals surface area contributed by atoms with Gasteiger partial charge in [-0.05, 0) is 50.2 Å². The lowest BCUT2D eigenvalue weighted by Crippen LogP contribution is -2.22. The maximum Gasteiger partial charge on any atom is 0.263 e. The van der Waals surface area contributed by atoms with Crippen molar-refractivity contribution in [1.29, 1.82) is 0 Å². The van der Waals surface area contributed by atoms with Gasteiger partial charge in [-0.1, -0.05) is 29.3 Å². The summed E-state index contributed by atoms with van der Waals surface area (Å²) >= 11 is 6.01. The first-order valence-corrected chi connectivity index (χ1v) is 10.9. The van der Waals surface area contributed by atoms with Crippen molar-refractivity contribution in [2.75, 3.05) is 11.9 Å². The van der Waals surface area contributed by atoms with Gasteiger partial charge >= 0.3 is 0 Å². The van der Waals surface area contributed by atoms with Crippen LogP contribution in [-0.2, 0) is 4.79 Å². The number of rotatable bonds is 6. The zero-order chi connectivity index (χ0) is 23.7. The number of hydrogen-bond acceptors (Lipinski definition) is 6. The van der Waals surface area contributed by atoms with Gasteiger partial charge in [-0.3, -0.25) is 4.79 Å². The monoisotopic (exact) mass is 473 g/mol. The Morgan fingerprint density at radius 1 is 1.03 bits per heavy atom. The molecule has 3 heterocycles. The van der Waals surface area contributed by atoms with Gasteiger partial charge in [0.15, 0.2) is 18.1 Å². The van der Waals surface area contributed by atoms with Crippen LogP contribution in [0.2, 0.25) is 5.02 Å². The molecular weight excluding hydrogens is 454 g/mol. The van der Waals surface area contributed by atoms with Crippen LogP contribution in [0.3, 0.4) is 0 Å². The molecule has 1 amide bonds. The van der Waals surface area contributed by atoms with Crippen LogP contribution in [0.25, 0.3) is 22.5 Å². The molecule has 0 radical (unpaired) electrons. The number of aromatic nitrogens is 6. The van der Waals surface area contributed by atoms with Crippen LogP contribution in [0.4, 0.5) is 5.82 Å². The number of amides is 1. The van der Waals surface area contributed by atoms with E-state index in [1.807, 2.05) is 50.2 Å². The topological polar surface area (TPSA) is 99.8 Å². The smallest absolute Gasteiger partial charge is 0.263 e. The van der Waals surface area contributed by atoms with E-state index in [9.17, 15) is 4.79 Å². The maximum atomic E-state index is 12.6. The Kier molecular flexibility index (Phi) is 5.69. The molecule has 5 rings (SSSR count). The van der Waals surface area contributed by atoms with E-state index < -0.39 is 0 Å². The van der Waals surface area contributed by atoms with Gasteiger partial charge in [0.25, 0.3) is 5.91 Å². The minimum Gasteiger partial charge on any atom is -0.484 e. The predicted molar refractivity (Wildman–Crippen MR) is 129 cm³/mol. The molecule has 34 heavy (non-hydrogen) atoms. The van der Waals surface area contributed by atoms with Crippen molar-refractivity contribution in [3.8, 4) is 17.3 Å². The molecule has 0 bridgehead atoms. The fourth-order valence-corrected chi connectivity index (χ4v) is 3.61. The zero-order valence-corrected chi connectivity index (χ0v) is 19.2. The van der Waals surface area contributed by atoms with Crippen LogP contribution in [0.15, 0.2) is 67.1 Å². The van der Waals surface area contributed by atoms with Gasteiger partial charge in [0.1, 0.15) is 17.9 Å². The highest BCUT2D eigenvalue weighted by Crippen LogP contribution is 2.24. The van der Waals surface area contributed by atoms with Crippen LogP contribution in [0, 0.1) is 13.8 Å². The summed E-state index contributed by atoms with van der Waals surface area (Å²) in [7, 11) is 0. The second-order valence-corrected chi connectivity index (χ2v) is 8.14. The first kappa shape index (κ1) is 21.6. The molecule has 170 valence electrons. The molecule has 0 aliphatic rings. The first-order valence-electron chi connectivity index (χ1n) is 10.5. The molecule has 0 aliphatic carbocycles. The summed E-state index contributed by atoms with van der Waals surface area (Å²) in [6, 6.07) is 16.6. The molecule has 0 saturated carbocycles. The van der Waals surface area contributed by atoms with Crippen LogP contribution in [-0.4, -0.2) is 42.0 Å². The van der Waals surface area contributed by atoms with Crippen molar-refractivity contribution in [2.45, 2.75) is 13.8 Å². The van der Waals surface area contributed by atoms with Crippen molar-refractivity contribution < 1.29 is 9.53 Å². The molecule has 0 aliphatic heterocycles.